The van der Waals surface area contributed by atoms with Gasteiger partial charge >= 0.3 is 5.97 Å². The Morgan fingerprint density at radius 1 is 1.21 bits per heavy atom. The summed E-state index contributed by atoms with van der Waals surface area (Å²) in [5, 5.41) is 14.4. The average molecular weight is 276 g/mol. The summed E-state index contributed by atoms with van der Waals surface area (Å²) in [6.45, 7) is 9.52. The molecule has 0 amide bonds. The van der Waals surface area contributed by atoms with E-state index in [0.717, 1.165) is 19.3 Å². The largest absolute Gasteiger partial charge is 0.392 e. The third-order valence-electron chi connectivity index (χ3n) is 3.02. The molecule has 0 aliphatic rings. The van der Waals surface area contributed by atoms with Crippen molar-refractivity contribution in [1.29, 1.82) is 0 Å². The Balaban J connectivity index is 4.14. The first-order chi connectivity index (χ1) is 8.87. The highest BCUT2D eigenvalue weighted by molar-refractivity contribution is 5.72. The van der Waals surface area contributed by atoms with E-state index in [9.17, 15) is 9.90 Å². The van der Waals surface area contributed by atoms with E-state index in [2.05, 4.69) is 9.93 Å². The van der Waals surface area contributed by atoms with E-state index >= 15 is 0 Å². The molecular formula is C14H28O5. The van der Waals surface area contributed by atoms with Gasteiger partial charge in [0.05, 0.1) is 12.0 Å². The topological polar surface area (TPSA) is 65.0 Å². The molecule has 0 saturated carbocycles. The molecule has 114 valence electrons. The minimum atomic E-state index is -0.699. The van der Waals surface area contributed by atoms with Crippen LogP contribution in [-0.4, -0.2) is 22.8 Å². The van der Waals surface area contributed by atoms with Crippen LogP contribution in [-0.2, 0) is 19.6 Å². The predicted molar refractivity (Wildman–Crippen MR) is 71.9 cm³/mol. The molecule has 5 nitrogen and oxygen atoms in total. The highest BCUT2D eigenvalue weighted by Gasteiger charge is 2.28. The maximum atomic E-state index is 11.7. The summed E-state index contributed by atoms with van der Waals surface area (Å²) in [5.74, 6) is -1.16. The normalized spacial score (nSPS) is 15.1. The first-order valence-corrected chi connectivity index (χ1v) is 7.12. The molecule has 0 bridgehead atoms. The van der Waals surface area contributed by atoms with E-state index < -0.39 is 23.6 Å². The lowest BCUT2D eigenvalue weighted by atomic mass is 9.96. The Bertz CT molecular complexity index is 252. The fourth-order valence-corrected chi connectivity index (χ4v) is 1.94. The van der Waals surface area contributed by atoms with Crippen molar-refractivity contribution in [2.45, 2.75) is 78.4 Å². The van der Waals surface area contributed by atoms with Crippen molar-refractivity contribution in [3.63, 3.8) is 0 Å². The Morgan fingerprint density at radius 2 is 1.84 bits per heavy atom. The second-order valence-corrected chi connectivity index (χ2v) is 5.43. The predicted octanol–water partition coefficient (Wildman–Crippen LogP) is 3.16. The molecule has 0 aromatic heterocycles. The third kappa shape index (κ3) is 7.50. The molecule has 0 aliphatic carbocycles. The van der Waals surface area contributed by atoms with Gasteiger partial charge in [-0.05, 0) is 38.1 Å². The molecule has 0 radical (unpaired) electrons. The van der Waals surface area contributed by atoms with Gasteiger partial charge < -0.3 is 5.11 Å². The molecule has 0 aromatic rings. The number of carbonyl (C=O) groups is 1. The molecule has 5 heteroatoms. The Labute approximate surface area is 116 Å². The van der Waals surface area contributed by atoms with Crippen molar-refractivity contribution in [2.24, 2.45) is 5.92 Å². The van der Waals surface area contributed by atoms with Crippen molar-refractivity contribution >= 4 is 5.97 Å². The van der Waals surface area contributed by atoms with E-state index in [1.807, 2.05) is 34.6 Å². The summed E-state index contributed by atoms with van der Waals surface area (Å²) in [4.78, 5) is 21.4. The molecule has 2 atom stereocenters. The van der Waals surface area contributed by atoms with Gasteiger partial charge in [0.2, 0.25) is 0 Å². The van der Waals surface area contributed by atoms with Gasteiger partial charge in [-0.15, -0.1) is 0 Å². The van der Waals surface area contributed by atoms with Crippen LogP contribution < -0.4 is 0 Å². The maximum absolute atomic E-state index is 11.7. The number of rotatable bonds is 10. The van der Waals surface area contributed by atoms with Crippen molar-refractivity contribution in [1.82, 2.24) is 0 Å². The van der Waals surface area contributed by atoms with Crippen molar-refractivity contribution in [3.05, 3.63) is 0 Å². The van der Waals surface area contributed by atoms with Crippen LogP contribution in [0.5, 0.6) is 0 Å². The van der Waals surface area contributed by atoms with Gasteiger partial charge in [-0.3, -0.25) is 4.89 Å². The lowest BCUT2D eigenvalue weighted by Crippen LogP contribution is -2.31. The van der Waals surface area contributed by atoms with Crippen LogP contribution in [0.4, 0.5) is 0 Å². The molecule has 0 rings (SSSR count). The Kier molecular flexibility index (Phi) is 8.97. The number of aliphatic hydroxyl groups is 1. The van der Waals surface area contributed by atoms with E-state index in [4.69, 9.17) is 4.89 Å². The molecule has 0 aromatic carbocycles. The van der Waals surface area contributed by atoms with Crippen molar-refractivity contribution in [3.8, 4) is 0 Å². The van der Waals surface area contributed by atoms with Crippen molar-refractivity contribution in [2.75, 3.05) is 0 Å². The molecule has 19 heavy (non-hydrogen) atoms. The third-order valence-corrected chi connectivity index (χ3v) is 3.02. The van der Waals surface area contributed by atoms with Crippen LogP contribution in [0.25, 0.3) is 0 Å². The molecule has 0 spiro atoms. The van der Waals surface area contributed by atoms with Crippen LogP contribution >= 0.6 is 0 Å². The fraction of sp³-hybridized carbons (Fsp3) is 0.929. The number of carbonyl (C=O) groups excluding carboxylic acids is 1. The Hall–Kier alpha value is -0.650. The van der Waals surface area contributed by atoms with E-state index in [0.29, 0.717) is 12.8 Å². The van der Waals surface area contributed by atoms with Gasteiger partial charge in [0.15, 0.2) is 0 Å². The monoisotopic (exact) mass is 276 g/mol. The van der Waals surface area contributed by atoms with E-state index in [1.54, 1.807) is 0 Å². The first kappa shape index (κ1) is 18.4. The highest BCUT2D eigenvalue weighted by atomic mass is 17.5. The average Bonchev–Trinajstić information content (AvgIpc) is 2.29. The summed E-state index contributed by atoms with van der Waals surface area (Å²) in [5.41, 5.74) is -0.501. The second kappa shape index (κ2) is 9.28. The molecule has 0 heterocycles. The minimum absolute atomic E-state index is 0.501. The van der Waals surface area contributed by atoms with Crippen LogP contribution in [0.2, 0.25) is 0 Å². The van der Waals surface area contributed by atoms with Crippen molar-refractivity contribution < 1.29 is 24.7 Å². The molecule has 0 aliphatic heterocycles. The van der Waals surface area contributed by atoms with Gasteiger partial charge in [0.25, 0.3) is 0 Å². The summed E-state index contributed by atoms with van der Waals surface area (Å²) in [6, 6.07) is 0. The van der Waals surface area contributed by atoms with Crippen LogP contribution in [0.15, 0.2) is 0 Å². The van der Waals surface area contributed by atoms with Gasteiger partial charge in [-0.1, -0.05) is 33.6 Å². The smallest absolute Gasteiger partial charge is 0.351 e. The number of aliphatic hydroxyl groups excluding tert-OH is 1. The molecule has 2 unspecified atom stereocenters. The van der Waals surface area contributed by atoms with Crippen LogP contribution in [0.3, 0.4) is 0 Å². The zero-order valence-electron chi connectivity index (χ0n) is 12.8. The molecule has 1 N–H and O–H groups in total. The van der Waals surface area contributed by atoms with Gasteiger partial charge in [0.1, 0.15) is 5.60 Å². The summed E-state index contributed by atoms with van der Waals surface area (Å²) < 4.78 is 0. The highest BCUT2D eigenvalue weighted by Crippen LogP contribution is 2.19. The summed E-state index contributed by atoms with van der Waals surface area (Å²) >= 11 is 0. The number of hydrogen-bond acceptors (Lipinski definition) is 5. The lowest BCUT2D eigenvalue weighted by Gasteiger charge is -2.22. The van der Waals surface area contributed by atoms with E-state index in [1.165, 1.54) is 0 Å². The van der Waals surface area contributed by atoms with Crippen LogP contribution in [0.1, 0.15) is 66.7 Å². The minimum Gasteiger partial charge on any atom is -0.392 e. The fourth-order valence-electron chi connectivity index (χ4n) is 1.94. The van der Waals surface area contributed by atoms with E-state index in [-0.39, 0.29) is 0 Å². The maximum Gasteiger partial charge on any atom is 0.351 e. The van der Waals surface area contributed by atoms with Crippen LogP contribution in [0, 0.1) is 5.92 Å². The zero-order chi connectivity index (χ0) is 14.9. The molecular weight excluding hydrogens is 248 g/mol. The quantitative estimate of drug-likeness (QED) is 0.490. The van der Waals surface area contributed by atoms with Gasteiger partial charge in [-0.2, -0.15) is 4.89 Å². The number of hydrogen-bond donors (Lipinski definition) is 1. The second-order valence-electron chi connectivity index (χ2n) is 5.43. The lowest BCUT2D eigenvalue weighted by molar-refractivity contribution is -0.518. The standard InChI is InChI=1S/C14H28O5/c1-6-9-12(15)11(8-3)13(16)17-19-18-14(4,5)10-7-2/h11-12,15H,6-10H2,1-5H3. The SMILES string of the molecule is CCCC(O)C(CC)C(=O)OOOC(C)(C)CCC. The molecule has 0 saturated heterocycles. The first-order valence-electron chi connectivity index (χ1n) is 7.12. The summed E-state index contributed by atoms with van der Waals surface area (Å²) in [6.07, 6.45) is 2.91. The van der Waals surface area contributed by atoms with Gasteiger partial charge in [0, 0.05) is 0 Å². The zero-order valence-corrected chi connectivity index (χ0v) is 12.8. The Morgan fingerprint density at radius 3 is 2.32 bits per heavy atom. The molecule has 0 fully saturated rings. The summed E-state index contributed by atoms with van der Waals surface area (Å²) in [7, 11) is 0. The van der Waals surface area contributed by atoms with Gasteiger partial charge in [-0.25, -0.2) is 4.79 Å².